The Labute approximate surface area is 137 Å². The summed E-state index contributed by atoms with van der Waals surface area (Å²) in [5.41, 5.74) is 8.31. The minimum Gasteiger partial charge on any atom is -0.357 e. The van der Waals surface area contributed by atoms with Gasteiger partial charge < -0.3 is 4.98 Å². The predicted octanol–water partition coefficient (Wildman–Crippen LogP) is 5.48. The van der Waals surface area contributed by atoms with E-state index in [1.165, 1.54) is 11.1 Å². The molecule has 2 aromatic carbocycles. The molecule has 23 heavy (non-hydrogen) atoms. The van der Waals surface area contributed by atoms with Crippen LogP contribution < -0.4 is 0 Å². The molecular weight excluding hydrogens is 282 g/mol. The zero-order valence-electron chi connectivity index (χ0n) is 14.0. The Bertz CT molecular complexity index is 852. The van der Waals surface area contributed by atoms with Gasteiger partial charge in [0.2, 0.25) is 0 Å². The van der Waals surface area contributed by atoms with Crippen molar-refractivity contribution in [2.45, 2.75) is 27.7 Å². The lowest BCUT2D eigenvalue weighted by atomic mass is 9.94. The molecule has 116 valence electrons. The molecule has 0 amide bonds. The molecule has 0 atom stereocenters. The number of rotatable bonds is 3. The van der Waals surface area contributed by atoms with Gasteiger partial charge in [-0.2, -0.15) is 0 Å². The van der Waals surface area contributed by atoms with Crippen molar-refractivity contribution >= 4 is 5.78 Å². The van der Waals surface area contributed by atoms with Crippen molar-refractivity contribution < 1.29 is 4.79 Å². The molecule has 1 N–H and O–H groups in total. The molecule has 2 heteroatoms. The normalized spacial score (nSPS) is 10.8. The van der Waals surface area contributed by atoms with E-state index in [1.807, 2.05) is 6.92 Å². The predicted molar refractivity (Wildman–Crippen MR) is 95.9 cm³/mol. The monoisotopic (exact) mass is 303 g/mol. The number of carbonyl (C=O) groups is 1. The van der Waals surface area contributed by atoms with Crippen LogP contribution in [0.1, 0.15) is 34.1 Å². The first kappa shape index (κ1) is 15.3. The van der Waals surface area contributed by atoms with E-state index in [4.69, 9.17) is 0 Å². The van der Waals surface area contributed by atoms with Gasteiger partial charge in [-0.1, -0.05) is 59.7 Å². The first-order chi connectivity index (χ1) is 11.0. The van der Waals surface area contributed by atoms with Crippen LogP contribution in [-0.2, 0) is 0 Å². The van der Waals surface area contributed by atoms with E-state index in [1.54, 1.807) is 6.92 Å². The third-order valence-electron chi connectivity index (χ3n) is 4.22. The molecule has 0 spiro atoms. The van der Waals surface area contributed by atoms with Gasteiger partial charge >= 0.3 is 0 Å². The molecule has 2 nitrogen and oxygen atoms in total. The van der Waals surface area contributed by atoms with Crippen LogP contribution in [-0.4, -0.2) is 10.8 Å². The molecule has 0 bridgehead atoms. The Morgan fingerprint density at radius 1 is 0.783 bits per heavy atom. The number of aromatic nitrogens is 1. The largest absolute Gasteiger partial charge is 0.357 e. The van der Waals surface area contributed by atoms with Crippen LogP contribution in [0.5, 0.6) is 0 Å². The van der Waals surface area contributed by atoms with Crippen LogP contribution in [0.3, 0.4) is 0 Å². The fourth-order valence-corrected chi connectivity index (χ4v) is 3.01. The molecule has 0 radical (unpaired) electrons. The van der Waals surface area contributed by atoms with Crippen molar-refractivity contribution in [1.29, 1.82) is 0 Å². The van der Waals surface area contributed by atoms with Crippen molar-refractivity contribution in [3.8, 4) is 22.4 Å². The fourth-order valence-electron chi connectivity index (χ4n) is 3.01. The second-order valence-electron chi connectivity index (χ2n) is 6.16. The second-order valence-corrected chi connectivity index (χ2v) is 6.16. The molecule has 0 fully saturated rings. The quantitative estimate of drug-likeness (QED) is 0.639. The zero-order chi connectivity index (χ0) is 16.6. The maximum absolute atomic E-state index is 12.2. The number of carbonyl (C=O) groups excluding carboxylic acids is 1. The number of ketones is 1. The van der Waals surface area contributed by atoms with Crippen LogP contribution in [0.15, 0.2) is 48.5 Å². The van der Waals surface area contributed by atoms with Crippen molar-refractivity contribution in [2.75, 3.05) is 0 Å². The summed E-state index contributed by atoms with van der Waals surface area (Å²) in [7, 11) is 0. The van der Waals surface area contributed by atoms with Gasteiger partial charge in [0.25, 0.3) is 0 Å². The van der Waals surface area contributed by atoms with Crippen LogP contribution in [0.2, 0.25) is 0 Å². The summed E-state index contributed by atoms with van der Waals surface area (Å²) in [5, 5.41) is 0. The Kier molecular flexibility index (Phi) is 3.91. The highest BCUT2D eigenvalue weighted by Crippen LogP contribution is 2.37. The Morgan fingerprint density at radius 2 is 1.26 bits per heavy atom. The lowest BCUT2D eigenvalue weighted by Crippen LogP contribution is -1.96. The molecule has 1 aromatic heterocycles. The van der Waals surface area contributed by atoms with Gasteiger partial charge in [0, 0.05) is 16.8 Å². The van der Waals surface area contributed by atoms with E-state index in [0.717, 1.165) is 33.6 Å². The van der Waals surface area contributed by atoms with E-state index in [0.29, 0.717) is 0 Å². The molecule has 3 rings (SSSR count). The number of hydrogen-bond acceptors (Lipinski definition) is 1. The lowest BCUT2D eigenvalue weighted by molar-refractivity contribution is 0.101. The van der Waals surface area contributed by atoms with Crippen LogP contribution in [0.4, 0.5) is 0 Å². The highest BCUT2D eigenvalue weighted by atomic mass is 16.1. The first-order valence-corrected chi connectivity index (χ1v) is 7.85. The van der Waals surface area contributed by atoms with Gasteiger partial charge in [0.1, 0.15) is 0 Å². The maximum atomic E-state index is 12.2. The van der Waals surface area contributed by atoms with Crippen molar-refractivity contribution in [2.24, 2.45) is 0 Å². The molecule has 0 saturated heterocycles. The number of H-pyrrole nitrogens is 1. The topological polar surface area (TPSA) is 32.9 Å². The lowest BCUT2D eigenvalue weighted by Gasteiger charge is -2.08. The van der Waals surface area contributed by atoms with Gasteiger partial charge in [-0.3, -0.25) is 4.79 Å². The number of aryl methyl sites for hydroxylation is 3. The number of Topliss-reactive ketones (excluding diaryl/α,β-unsaturated/α-hetero) is 1. The van der Waals surface area contributed by atoms with E-state index >= 15 is 0 Å². The Morgan fingerprint density at radius 3 is 1.74 bits per heavy atom. The standard InChI is InChI=1S/C21H21NO/c1-13-5-9-17(10-6-13)20-19(16(4)23)15(3)22-21(20)18-11-7-14(2)8-12-18/h5-12,22H,1-4H3. The smallest absolute Gasteiger partial charge is 0.162 e. The number of benzene rings is 2. The third kappa shape index (κ3) is 2.85. The van der Waals surface area contributed by atoms with Gasteiger partial charge in [-0.25, -0.2) is 0 Å². The Balaban J connectivity index is 2.28. The summed E-state index contributed by atoms with van der Waals surface area (Å²) in [4.78, 5) is 15.6. The second kappa shape index (κ2) is 5.88. The minimum atomic E-state index is 0.0905. The van der Waals surface area contributed by atoms with Gasteiger partial charge in [-0.05, 0) is 38.8 Å². The number of nitrogens with one attached hydrogen (secondary N) is 1. The molecule has 0 saturated carbocycles. The molecule has 1 heterocycles. The fraction of sp³-hybridized carbons (Fsp3) is 0.190. The summed E-state index contributed by atoms with van der Waals surface area (Å²) in [5.74, 6) is 0.0905. The van der Waals surface area contributed by atoms with E-state index in [-0.39, 0.29) is 5.78 Å². The van der Waals surface area contributed by atoms with Gasteiger partial charge in [0.05, 0.1) is 5.69 Å². The third-order valence-corrected chi connectivity index (χ3v) is 4.22. The molecule has 0 aliphatic heterocycles. The van der Waals surface area contributed by atoms with Crippen molar-refractivity contribution in [1.82, 2.24) is 4.98 Å². The van der Waals surface area contributed by atoms with Crippen LogP contribution >= 0.6 is 0 Å². The summed E-state index contributed by atoms with van der Waals surface area (Å²) in [6, 6.07) is 16.7. The summed E-state index contributed by atoms with van der Waals surface area (Å²) >= 11 is 0. The highest BCUT2D eigenvalue weighted by Gasteiger charge is 2.20. The van der Waals surface area contributed by atoms with E-state index in [2.05, 4.69) is 67.4 Å². The van der Waals surface area contributed by atoms with Crippen LogP contribution in [0.25, 0.3) is 22.4 Å². The minimum absolute atomic E-state index is 0.0905. The molecule has 0 unspecified atom stereocenters. The summed E-state index contributed by atoms with van der Waals surface area (Å²) in [6.45, 7) is 7.74. The molecule has 3 aromatic rings. The molecule has 0 aliphatic carbocycles. The average Bonchev–Trinajstić information content (AvgIpc) is 2.86. The van der Waals surface area contributed by atoms with Crippen molar-refractivity contribution in [3.63, 3.8) is 0 Å². The Hall–Kier alpha value is -2.61. The van der Waals surface area contributed by atoms with E-state index in [9.17, 15) is 4.79 Å². The summed E-state index contributed by atoms with van der Waals surface area (Å²) < 4.78 is 0. The average molecular weight is 303 g/mol. The SMILES string of the molecule is CC(=O)c1c(C)[nH]c(-c2ccc(C)cc2)c1-c1ccc(C)cc1. The highest BCUT2D eigenvalue weighted by molar-refractivity contribution is 6.05. The zero-order valence-corrected chi connectivity index (χ0v) is 14.0. The summed E-state index contributed by atoms with van der Waals surface area (Å²) in [6.07, 6.45) is 0. The molecular formula is C21H21NO. The van der Waals surface area contributed by atoms with Gasteiger partial charge in [-0.15, -0.1) is 0 Å². The number of aromatic amines is 1. The van der Waals surface area contributed by atoms with Crippen LogP contribution in [0, 0.1) is 20.8 Å². The van der Waals surface area contributed by atoms with E-state index < -0.39 is 0 Å². The maximum Gasteiger partial charge on any atom is 0.162 e. The van der Waals surface area contributed by atoms with Crippen molar-refractivity contribution in [3.05, 3.63) is 70.9 Å². The number of hydrogen-bond donors (Lipinski definition) is 1. The van der Waals surface area contributed by atoms with Gasteiger partial charge in [0.15, 0.2) is 5.78 Å². The first-order valence-electron chi connectivity index (χ1n) is 7.85. The molecule has 0 aliphatic rings.